The van der Waals surface area contributed by atoms with Gasteiger partial charge in [0.05, 0.1) is 0 Å². The van der Waals surface area contributed by atoms with Crippen LogP contribution >= 0.6 is 0 Å². The smallest absolute Gasteiger partial charge is 0.00130 e. The molecule has 2 rings (SSSR count). The first-order valence-corrected chi connectivity index (χ1v) is 4.82. The zero-order chi connectivity index (χ0) is 7.68. The summed E-state index contributed by atoms with van der Waals surface area (Å²) in [5.74, 6) is 2.18. The number of nitrogens with zero attached hydrogens (tertiary/aromatic N) is 1. The van der Waals surface area contributed by atoms with Gasteiger partial charge in [-0.15, -0.1) is 0 Å². The van der Waals surface area contributed by atoms with Gasteiger partial charge in [0.15, 0.2) is 0 Å². The summed E-state index contributed by atoms with van der Waals surface area (Å²) in [7, 11) is 0. The first kappa shape index (κ1) is 7.56. The Kier molecular flexibility index (Phi) is 2.14. The van der Waals surface area contributed by atoms with Crippen LogP contribution in [0, 0.1) is 11.8 Å². The van der Waals surface area contributed by atoms with Gasteiger partial charge in [-0.2, -0.15) is 0 Å². The molecule has 1 saturated heterocycles. The van der Waals surface area contributed by atoms with E-state index in [2.05, 4.69) is 4.90 Å². The summed E-state index contributed by atoms with van der Waals surface area (Å²) in [4.78, 5) is 2.61. The van der Waals surface area contributed by atoms with E-state index >= 15 is 0 Å². The van der Waals surface area contributed by atoms with Gasteiger partial charge in [-0.25, -0.2) is 0 Å². The predicted molar refractivity (Wildman–Crippen MR) is 46.3 cm³/mol. The Morgan fingerprint density at radius 2 is 1.91 bits per heavy atom. The molecule has 0 aromatic heterocycles. The van der Waals surface area contributed by atoms with Crippen molar-refractivity contribution in [3.05, 3.63) is 0 Å². The van der Waals surface area contributed by atoms with Crippen molar-refractivity contribution in [2.45, 2.75) is 19.3 Å². The molecule has 0 aromatic carbocycles. The van der Waals surface area contributed by atoms with Crippen LogP contribution < -0.4 is 5.73 Å². The molecule has 11 heavy (non-hydrogen) atoms. The van der Waals surface area contributed by atoms with Gasteiger partial charge < -0.3 is 10.6 Å². The van der Waals surface area contributed by atoms with E-state index in [4.69, 9.17) is 5.73 Å². The highest BCUT2D eigenvalue weighted by Crippen LogP contribution is 2.44. The molecule has 0 bridgehead atoms. The zero-order valence-corrected chi connectivity index (χ0v) is 7.13. The predicted octanol–water partition coefficient (Wildman–Crippen LogP) is 0.677. The minimum atomic E-state index is 0.862. The number of rotatable bonds is 4. The monoisotopic (exact) mass is 154 g/mol. The molecule has 2 nitrogen and oxygen atoms in total. The first-order valence-electron chi connectivity index (χ1n) is 4.82. The number of likely N-dealkylation sites (tertiary alicyclic amines) is 1. The summed E-state index contributed by atoms with van der Waals surface area (Å²) in [6.45, 7) is 4.93. The van der Waals surface area contributed by atoms with E-state index in [0.29, 0.717) is 0 Å². The Labute approximate surface area is 68.7 Å². The second-order valence-electron chi connectivity index (χ2n) is 4.01. The Morgan fingerprint density at radius 3 is 2.55 bits per heavy atom. The molecule has 2 aliphatic rings. The SMILES string of the molecule is NCCCCN1CC2CC2C1. The summed E-state index contributed by atoms with van der Waals surface area (Å²) in [6, 6.07) is 0. The van der Waals surface area contributed by atoms with Gasteiger partial charge in [0.25, 0.3) is 0 Å². The Balaban J connectivity index is 1.57. The highest BCUT2D eigenvalue weighted by molar-refractivity contribution is 4.96. The summed E-state index contributed by atoms with van der Waals surface area (Å²) < 4.78 is 0. The summed E-state index contributed by atoms with van der Waals surface area (Å²) in [5, 5.41) is 0. The quantitative estimate of drug-likeness (QED) is 0.603. The normalized spacial score (nSPS) is 35.7. The molecule has 1 aliphatic carbocycles. The summed E-state index contributed by atoms with van der Waals surface area (Å²) in [5.41, 5.74) is 5.43. The molecule has 1 heterocycles. The van der Waals surface area contributed by atoms with Crippen LogP contribution in [0.5, 0.6) is 0 Å². The van der Waals surface area contributed by atoms with Crippen LogP contribution in [-0.2, 0) is 0 Å². The minimum absolute atomic E-state index is 0.862. The first-order chi connectivity index (χ1) is 5.40. The average Bonchev–Trinajstić information content (AvgIpc) is 2.61. The van der Waals surface area contributed by atoms with Crippen molar-refractivity contribution in [3.63, 3.8) is 0 Å². The second kappa shape index (κ2) is 3.11. The lowest BCUT2D eigenvalue weighted by Crippen LogP contribution is -2.24. The largest absolute Gasteiger partial charge is 0.330 e. The van der Waals surface area contributed by atoms with E-state index in [1.165, 1.54) is 38.9 Å². The maximum absolute atomic E-state index is 5.43. The summed E-state index contributed by atoms with van der Waals surface area (Å²) in [6.07, 6.45) is 4.02. The highest BCUT2D eigenvalue weighted by Gasteiger charge is 2.44. The maximum atomic E-state index is 5.43. The number of hydrogen-bond acceptors (Lipinski definition) is 2. The number of hydrogen-bond donors (Lipinski definition) is 1. The molecule has 2 unspecified atom stereocenters. The molecule has 2 N–H and O–H groups in total. The number of piperidine rings is 1. The standard InChI is InChI=1S/C9H18N2/c10-3-1-2-4-11-6-8-5-9(8)7-11/h8-9H,1-7,10H2. The van der Waals surface area contributed by atoms with E-state index in [0.717, 1.165) is 18.4 Å². The van der Waals surface area contributed by atoms with E-state index < -0.39 is 0 Å². The third kappa shape index (κ3) is 1.74. The zero-order valence-electron chi connectivity index (χ0n) is 7.13. The van der Waals surface area contributed by atoms with Crippen LogP contribution in [0.1, 0.15) is 19.3 Å². The van der Waals surface area contributed by atoms with Crippen molar-refractivity contribution in [2.24, 2.45) is 17.6 Å². The molecular weight excluding hydrogens is 136 g/mol. The van der Waals surface area contributed by atoms with Crippen LogP contribution in [-0.4, -0.2) is 31.1 Å². The third-order valence-electron chi connectivity index (χ3n) is 2.98. The van der Waals surface area contributed by atoms with Gasteiger partial charge in [-0.3, -0.25) is 0 Å². The molecular formula is C9H18N2. The lowest BCUT2D eigenvalue weighted by Gasteiger charge is -2.16. The molecule has 64 valence electrons. The third-order valence-corrected chi connectivity index (χ3v) is 2.98. The Bertz CT molecular complexity index is 126. The van der Waals surface area contributed by atoms with Crippen molar-refractivity contribution < 1.29 is 0 Å². The van der Waals surface area contributed by atoms with Crippen LogP contribution in [0.2, 0.25) is 0 Å². The van der Waals surface area contributed by atoms with Crippen molar-refractivity contribution in [1.82, 2.24) is 4.90 Å². The van der Waals surface area contributed by atoms with Crippen LogP contribution in [0.15, 0.2) is 0 Å². The molecule has 1 saturated carbocycles. The van der Waals surface area contributed by atoms with Gasteiger partial charge in [0.2, 0.25) is 0 Å². The van der Waals surface area contributed by atoms with Gasteiger partial charge in [0.1, 0.15) is 0 Å². The van der Waals surface area contributed by atoms with Gasteiger partial charge in [-0.05, 0) is 44.2 Å². The van der Waals surface area contributed by atoms with Crippen molar-refractivity contribution in [1.29, 1.82) is 0 Å². The van der Waals surface area contributed by atoms with Crippen LogP contribution in [0.25, 0.3) is 0 Å². The van der Waals surface area contributed by atoms with Gasteiger partial charge in [0, 0.05) is 13.1 Å². The van der Waals surface area contributed by atoms with E-state index in [9.17, 15) is 0 Å². The summed E-state index contributed by atoms with van der Waals surface area (Å²) >= 11 is 0. The highest BCUT2D eigenvalue weighted by atomic mass is 15.2. The fraction of sp³-hybridized carbons (Fsp3) is 1.00. The molecule has 2 fully saturated rings. The number of nitrogens with two attached hydrogens (primary N) is 1. The number of fused-ring (bicyclic) bond motifs is 1. The topological polar surface area (TPSA) is 29.3 Å². The number of unbranched alkanes of at least 4 members (excludes halogenated alkanes) is 1. The second-order valence-corrected chi connectivity index (χ2v) is 4.01. The van der Waals surface area contributed by atoms with Crippen molar-refractivity contribution in [3.8, 4) is 0 Å². The fourth-order valence-electron chi connectivity index (χ4n) is 2.16. The average molecular weight is 154 g/mol. The Morgan fingerprint density at radius 1 is 1.18 bits per heavy atom. The van der Waals surface area contributed by atoms with Crippen LogP contribution in [0.4, 0.5) is 0 Å². The Hall–Kier alpha value is -0.0800. The molecule has 0 spiro atoms. The van der Waals surface area contributed by atoms with E-state index in [1.54, 1.807) is 0 Å². The fourth-order valence-corrected chi connectivity index (χ4v) is 2.16. The molecule has 2 heteroatoms. The maximum Gasteiger partial charge on any atom is 0.00130 e. The molecule has 0 aromatic rings. The van der Waals surface area contributed by atoms with Crippen molar-refractivity contribution in [2.75, 3.05) is 26.2 Å². The van der Waals surface area contributed by atoms with Crippen LogP contribution in [0.3, 0.4) is 0 Å². The molecule has 0 amide bonds. The van der Waals surface area contributed by atoms with Gasteiger partial charge in [-0.1, -0.05) is 0 Å². The lowest BCUT2D eigenvalue weighted by atomic mass is 10.3. The van der Waals surface area contributed by atoms with Gasteiger partial charge >= 0.3 is 0 Å². The lowest BCUT2D eigenvalue weighted by molar-refractivity contribution is 0.299. The van der Waals surface area contributed by atoms with Crippen molar-refractivity contribution >= 4 is 0 Å². The van der Waals surface area contributed by atoms with E-state index in [1.807, 2.05) is 0 Å². The van der Waals surface area contributed by atoms with E-state index in [-0.39, 0.29) is 0 Å². The molecule has 0 radical (unpaired) electrons. The molecule has 2 atom stereocenters. The molecule has 1 aliphatic heterocycles. The minimum Gasteiger partial charge on any atom is -0.330 e.